The van der Waals surface area contributed by atoms with Gasteiger partial charge in [-0.3, -0.25) is 0 Å². The van der Waals surface area contributed by atoms with Gasteiger partial charge in [0.15, 0.2) is 9.84 Å². The summed E-state index contributed by atoms with van der Waals surface area (Å²) in [5.41, 5.74) is 6.19. The number of benzene rings is 1. The van der Waals surface area contributed by atoms with Gasteiger partial charge >= 0.3 is 0 Å². The average molecular weight is 257 g/mol. The second-order valence-electron chi connectivity index (χ2n) is 3.87. The minimum Gasteiger partial charge on any atom is -0.491 e. The molecule has 1 aromatic rings. The van der Waals surface area contributed by atoms with E-state index in [2.05, 4.69) is 0 Å². The predicted octanol–water partition coefficient (Wildman–Crippen LogP) is 2.24. The summed E-state index contributed by atoms with van der Waals surface area (Å²) in [6.07, 6.45) is 1.45. The Morgan fingerprint density at radius 2 is 1.94 bits per heavy atom. The number of anilines is 1. The molecule has 0 spiro atoms. The van der Waals surface area contributed by atoms with Crippen LogP contribution in [0.4, 0.5) is 5.69 Å². The fourth-order valence-electron chi connectivity index (χ4n) is 1.43. The molecule has 0 amide bonds. The molecule has 0 saturated carbocycles. The quantitative estimate of drug-likeness (QED) is 0.793. The molecular weight excluding hydrogens is 238 g/mol. The summed E-state index contributed by atoms with van der Waals surface area (Å²) in [5, 5.41) is 0. The maximum atomic E-state index is 11.9. The zero-order chi connectivity index (χ0) is 12.9. The molecule has 0 aliphatic heterocycles. The lowest BCUT2D eigenvalue weighted by atomic mass is 10.3. The monoisotopic (exact) mass is 257 g/mol. The van der Waals surface area contributed by atoms with E-state index in [4.69, 9.17) is 10.5 Å². The molecule has 1 aromatic carbocycles. The van der Waals surface area contributed by atoms with Crippen molar-refractivity contribution < 1.29 is 13.2 Å². The molecule has 0 aliphatic rings. The standard InChI is InChI=1S/C12H19NO3S/c1-3-7-16-12-9-10(5-6-11(12)13)17(14,15)8-4-2/h5-6,9H,3-4,7-8,13H2,1-2H3. The van der Waals surface area contributed by atoms with Gasteiger partial charge in [0.1, 0.15) is 5.75 Å². The molecule has 0 aliphatic carbocycles. The smallest absolute Gasteiger partial charge is 0.178 e. The first kappa shape index (κ1) is 13.8. The highest BCUT2D eigenvalue weighted by atomic mass is 32.2. The molecule has 0 unspecified atom stereocenters. The van der Waals surface area contributed by atoms with Crippen molar-refractivity contribution in [3.05, 3.63) is 18.2 Å². The molecular formula is C12H19NO3S. The normalized spacial score (nSPS) is 11.4. The van der Waals surface area contributed by atoms with E-state index < -0.39 is 9.84 Å². The third kappa shape index (κ3) is 3.63. The van der Waals surface area contributed by atoms with Crippen molar-refractivity contribution in [2.24, 2.45) is 0 Å². The van der Waals surface area contributed by atoms with Crippen LogP contribution in [0.5, 0.6) is 5.75 Å². The molecule has 4 nitrogen and oxygen atoms in total. The number of nitrogen functional groups attached to an aromatic ring is 1. The minimum absolute atomic E-state index is 0.143. The van der Waals surface area contributed by atoms with Crippen molar-refractivity contribution in [2.75, 3.05) is 18.1 Å². The summed E-state index contributed by atoms with van der Waals surface area (Å²) in [5.74, 6) is 0.591. The molecule has 0 heterocycles. The summed E-state index contributed by atoms with van der Waals surface area (Å²) in [6, 6.07) is 4.61. The molecule has 96 valence electrons. The van der Waals surface area contributed by atoms with Crippen molar-refractivity contribution in [3.8, 4) is 5.75 Å². The van der Waals surface area contributed by atoms with Gasteiger partial charge in [-0.2, -0.15) is 0 Å². The second kappa shape index (κ2) is 5.91. The van der Waals surface area contributed by atoms with Crippen molar-refractivity contribution in [3.63, 3.8) is 0 Å². The minimum atomic E-state index is -3.21. The third-order valence-electron chi connectivity index (χ3n) is 2.28. The molecule has 17 heavy (non-hydrogen) atoms. The van der Waals surface area contributed by atoms with Crippen LogP contribution in [0.2, 0.25) is 0 Å². The molecule has 1 rings (SSSR count). The molecule has 0 bridgehead atoms. The number of hydrogen-bond acceptors (Lipinski definition) is 4. The molecule has 0 fully saturated rings. The Bertz CT molecular complexity index is 469. The first-order chi connectivity index (χ1) is 8.01. The van der Waals surface area contributed by atoms with E-state index in [9.17, 15) is 8.42 Å². The average Bonchev–Trinajstić information content (AvgIpc) is 2.27. The Kier molecular flexibility index (Phi) is 4.81. The first-order valence-electron chi connectivity index (χ1n) is 5.76. The molecule has 0 aromatic heterocycles. The second-order valence-corrected chi connectivity index (χ2v) is 5.98. The number of rotatable bonds is 6. The number of ether oxygens (including phenoxy) is 1. The Labute approximate surface area is 103 Å². The lowest BCUT2D eigenvalue weighted by Gasteiger charge is -2.10. The van der Waals surface area contributed by atoms with Crippen LogP contribution in [0.1, 0.15) is 26.7 Å². The van der Waals surface area contributed by atoms with E-state index in [1.54, 1.807) is 6.07 Å². The van der Waals surface area contributed by atoms with E-state index >= 15 is 0 Å². The zero-order valence-electron chi connectivity index (χ0n) is 10.3. The van der Waals surface area contributed by atoms with E-state index in [0.717, 1.165) is 6.42 Å². The molecule has 0 saturated heterocycles. The van der Waals surface area contributed by atoms with Gasteiger partial charge in [-0.25, -0.2) is 8.42 Å². The summed E-state index contributed by atoms with van der Waals surface area (Å²) in [7, 11) is -3.21. The lowest BCUT2D eigenvalue weighted by molar-refractivity contribution is 0.318. The van der Waals surface area contributed by atoms with Crippen molar-refractivity contribution in [1.82, 2.24) is 0 Å². The van der Waals surface area contributed by atoms with Crippen LogP contribution >= 0.6 is 0 Å². The lowest BCUT2D eigenvalue weighted by Crippen LogP contribution is -2.07. The highest BCUT2D eigenvalue weighted by Crippen LogP contribution is 2.26. The van der Waals surface area contributed by atoms with Gasteiger partial charge in [-0.1, -0.05) is 13.8 Å². The molecule has 5 heteroatoms. The van der Waals surface area contributed by atoms with Crippen LogP contribution in [0.15, 0.2) is 23.1 Å². The third-order valence-corrected chi connectivity index (χ3v) is 4.20. The highest BCUT2D eigenvalue weighted by molar-refractivity contribution is 7.91. The fourth-order valence-corrected chi connectivity index (χ4v) is 2.77. The maximum absolute atomic E-state index is 11.9. The first-order valence-corrected chi connectivity index (χ1v) is 7.41. The van der Waals surface area contributed by atoms with E-state index in [0.29, 0.717) is 24.5 Å². The molecule has 0 atom stereocenters. The number of nitrogens with two attached hydrogens (primary N) is 1. The Balaban J connectivity index is 3.03. The van der Waals surface area contributed by atoms with Crippen LogP contribution in [-0.4, -0.2) is 20.8 Å². The SMILES string of the molecule is CCCOc1cc(S(=O)(=O)CCC)ccc1N. The fraction of sp³-hybridized carbons (Fsp3) is 0.500. The Morgan fingerprint density at radius 3 is 2.53 bits per heavy atom. The highest BCUT2D eigenvalue weighted by Gasteiger charge is 2.15. The van der Waals surface area contributed by atoms with E-state index in [1.165, 1.54) is 12.1 Å². The molecule has 0 radical (unpaired) electrons. The zero-order valence-corrected chi connectivity index (χ0v) is 11.1. The van der Waals surface area contributed by atoms with Gasteiger partial charge < -0.3 is 10.5 Å². The van der Waals surface area contributed by atoms with Gasteiger partial charge in [0, 0.05) is 6.07 Å². The Morgan fingerprint density at radius 1 is 1.24 bits per heavy atom. The van der Waals surface area contributed by atoms with Crippen LogP contribution in [0, 0.1) is 0 Å². The van der Waals surface area contributed by atoms with E-state index in [1.807, 2.05) is 13.8 Å². The summed E-state index contributed by atoms with van der Waals surface area (Å²) < 4.78 is 29.2. The van der Waals surface area contributed by atoms with Gasteiger partial charge in [-0.05, 0) is 25.0 Å². The topological polar surface area (TPSA) is 69.4 Å². The molecule has 2 N–H and O–H groups in total. The van der Waals surface area contributed by atoms with Gasteiger partial charge in [0.2, 0.25) is 0 Å². The summed E-state index contributed by atoms with van der Waals surface area (Å²) in [4.78, 5) is 0.277. The van der Waals surface area contributed by atoms with Crippen LogP contribution in [-0.2, 0) is 9.84 Å². The van der Waals surface area contributed by atoms with Gasteiger partial charge in [-0.15, -0.1) is 0 Å². The van der Waals surface area contributed by atoms with Crippen LogP contribution < -0.4 is 10.5 Å². The van der Waals surface area contributed by atoms with Crippen molar-refractivity contribution >= 4 is 15.5 Å². The summed E-state index contributed by atoms with van der Waals surface area (Å²) in [6.45, 7) is 4.35. The van der Waals surface area contributed by atoms with Gasteiger partial charge in [0.05, 0.1) is 22.9 Å². The largest absolute Gasteiger partial charge is 0.491 e. The van der Waals surface area contributed by atoms with E-state index in [-0.39, 0.29) is 10.6 Å². The predicted molar refractivity (Wildman–Crippen MR) is 69.0 cm³/mol. The van der Waals surface area contributed by atoms with Gasteiger partial charge in [0.25, 0.3) is 0 Å². The Hall–Kier alpha value is -1.23. The summed E-state index contributed by atoms with van der Waals surface area (Å²) >= 11 is 0. The maximum Gasteiger partial charge on any atom is 0.178 e. The van der Waals surface area contributed by atoms with Crippen molar-refractivity contribution in [1.29, 1.82) is 0 Å². The van der Waals surface area contributed by atoms with Crippen molar-refractivity contribution in [2.45, 2.75) is 31.6 Å². The van der Waals surface area contributed by atoms with Crippen LogP contribution in [0.25, 0.3) is 0 Å². The number of hydrogen-bond donors (Lipinski definition) is 1. The van der Waals surface area contributed by atoms with Crippen LogP contribution in [0.3, 0.4) is 0 Å². The number of sulfone groups is 1.